The summed E-state index contributed by atoms with van der Waals surface area (Å²) in [7, 11) is 0. The number of rotatable bonds is 6. The Balaban J connectivity index is 2.04. The number of aliphatic carboxylic acids is 1. The van der Waals surface area contributed by atoms with Crippen LogP contribution in [0.25, 0.3) is 0 Å². The summed E-state index contributed by atoms with van der Waals surface area (Å²) < 4.78 is 5.54. The third kappa shape index (κ3) is 3.84. The molecular weight excluding hydrogens is 312 g/mol. The summed E-state index contributed by atoms with van der Waals surface area (Å²) in [4.78, 5) is 37.0. The quantitative estimate of drug-likeness (QED) is 0.820. The van der Waals surface area contributed by atoms with Crippen LogP contribution < -0.4 is 15.0 Å². The molecule has 0 bridgehead atoms. The molecule has 0 aliphatic carbocycles. The van der Waals surface area contributed by atoms with Gasteiger partial charge in [-0.1, -0.05) is 26.0 Å². The lowest BCUT2D eigenvalue weighted by molar-refractivity contribution is -0.143. The van der Waals surface area contributed by atoms with E-state index in [9.17, 15) is 14.4 Å². The molecule has 0 saturated carbocycles. The first-order chi connectivity index (χ1) is 11.3. The van der Waals surface area contributed by atoms with E-state index in [0.717, 1.165) is 0 Å². The zero-order valence-corrected chi connectivity index (χ0v) is 14.0. The third-order valence-corrected chi connectivity index (χ3v) is 3.89. The Morgan fingerprint density at radius 3 is 2.62 bits per heavy atom. The molecule has 1 aliphatic heterocycles. The fraction of sp³-hybridized carbons (Fsp3) is 0.471. The van der Waals surface area contributed by atoms with Crippen molar-refractivity contribution in [3.63, 3.8) is 0 Å². The lowest BCUT2D eigenvalue weighted by Gasteiger charge is -2.33. The normalized spacial score (nSPS) is 17.9. The monoisotopic (exact) mass is 334 g/mol. The Morgan fingerprint density at radius 2 is 2.00 bits per heavy atom. The van der Waals surface area contributed by atoms with E-state index in [4.69, 9.17) is 9.84 Å². The van der Waals surface area contributed by atoms with Gasteiger partial charge in [0, 0.05) is 13.0 Å². The van der Waals surface area contributed by atoms with E-state index < -0.39 is 24.0 Å². The van der Waals surface area contributed by atoms with Crippen molar-refractivity contribution < 1.29 is 24.2 Å². The Bertz CT molecular complexity index is 644. The van der Waals surface area contributed by atoms with Gasteiger partial charge in [0.15, 0.2) is 6.10 Å². The summed E-state index contributed by atoms with van der Waals surface area (Å²) >= 11 is 0. The molecule has 24 heavy (non-hydrogen) atoms. The first kappa shape index (κ1) is 17.8. The minimum absolute atomic E-state index is 0.0172. The molecule has 7 nitrogen and oxygen atoms in total. The van der Waals surface area contributed by atoms with Crippen LogP contribution in [0.2, 0.25) is 0 Å². The molecule has 2 atom stereocenters. The fourth-order valence-electron chi connectivity index (χ4n) is 2.56. The number of amides is 2. The number of hydrogen-bond acceptors (Lipinski definition) is 4. The highest BCUT2D eigenvalue weighted by Gasteiger charge is 2.31. The van der Waals surface area contributed by atoms with Crippen LogP contribution in [0.1, 0.15) is 27.2 Å². The van der Waals surface area contributed by atoms with Crippen LogP contribution in [0.15, 0.2) is 24.3 Å². The number of carboxylic acids is 1. The summed E-state index contributed by atoms with van der Waals surface area (Å²) in [6, 6.07) is 6.18. The molecule has 2 amide bonds. The van der Waals surface area contributed by atoms with Crippen molar-refractivity contribution in [3.8, 4) is 5.75 Å². The molecule has 1 aromatic rings. The minimum Gasteiger partial charge on any atom is -0.480 e. The summed E-state index contributed by atoms with van der Waals surface area (Å²) in [6.45, 7) is 5.27. The van der Waals surface area contributed by atoms with E-state index in [1.807, 2.05) is 6.07 Å². The van der Waals surface area contributed by atoms with Gasteiger partial charge in [0.2, 0.25) is 5.91 Å². The van der Waals surface area contributed by atoms with Gasteiger partial charge in [0.1, 0.15) is 11.8 Å². The number of carbonyl (C=O) groups is 3. The number of benzene rings is 1. The van der Waals surface area contributed by atoms with Gasteiger partial charge in [0.25, 0.3) is 5.91 Å². The number of nitrogens with zero attached hydrogens (tertiary/aromatic N) is 1. The molecule has 0 spiro atoms. The van der Waals surface area contributed by atoms with Gasteiger partial charge in [0.05, 0.1) is 5.69 Å². The van der Waals surface area contributed by atoms with Crippen molar-refractivity contribution in [1.29, 1.82) is 0 Å². The van der Waals surface area contributed by atoms with Crippen LogP contribution in [0.5, 0.6) is 5.75 Å². The third-order valence-electron chi connectivity index (χ3n) is 3.89. The number of fused-ring (bicyclic) bond motifs is 1. The molecule has 0 aromatic heterocycles. The van der Waals surface area contributed by atoms with Gasteiger partial charge >= 0.3 is 5.97 Å². The summed E-state index contributed by atoms with van der Waals surface area (Å²) in [6.07, 6.45) is -0.603. The van der Waals surface area contributed by atoms with Gasteiger partial charge in [-0.3, -0.25) is 9.59 Å². The second kappa shape index (κ2) is 7.33. The highest BCUT2D eigenvalue weighted by molar-refractivity contribution is 6.00. The minimum atomic E-state index is -1.07. The molecule has 0 fully saturated rings. The van der Waals surface area contributed by atoms with E-state index in [-0.39, 0.29) is 24.8 Å². The Kier molecular flexibility index (Phi) is 5.43. The van der Waals surface area contributed by atoms with E-state index in [0.29, 0.717) is 11.4 Å². The molecule has 1 aromatic carbocycles. The van der Waals surface area contributed by atoms with Crippen LogP contribution in [0, 0.1) is 5.92 Å². The Labute approximate surface area is 140 Å². The van der Waals surface area contributed by atoms with E-state index in [2.05, 4.69) is 5.32 Å². The SMILES string of the molecule is CC1Oc2ccccc2N(CCC(=O)N[C@H](C(=O)O)C(C)C)C1=O. The number of para-hydroxylation sites is 2. The van der Waals surface area contributed by atoms with Crippen LogP contribution in [-0.2, 0) is 14.4 Å². The van der Waals surface area contributed by atoms with Crippen molar-refractivity contribution in [2.45, 2.75) is 39.3 Å². The van der Waals surface area contributed by atoms with E-state index in [1.165, 1.54) is 4.90 Å². The maximum atomic E-state index is 12.3. The van der Waals surface area contributed by atoms with Crippen molar-refractivity contribution in [1.82, 2.24) is 5.32 Å². The number of carboxylic acid groups (broad SMARTS) is 1. The van der Waals surface area contributed by atoms with Gasteiger partial charge in [-0.2, -0.15) is 0 Å². The maximum absolute atomic E-state index is 12.3. The molecular formula is C17H22N2O5. The fourth-order valence-corrected chi connectivity index (χ4v) is 2.56. The van der Waals surface area contributed by atoms with E-state index >= 15 is 0 Å². The van der Waals surface area contributed by atoms with E-state index in [1.54, 1.807) is 39.0 Å². The molecule has 1 aliphatic rings. The zero-order valence-electron chi connectivity index (χ0n) is 14.0. The van der Waals surface area contributed by atoms with Gasteiger partial charge < -0.3 is 20.1 Å². The molecule has 0 saturated heterocycles. The van der Waals surface area contributed by atoms with Crippen molar-refractivity contribution in [2.24, 2.45) is 5.92 Å². The summed E-state index contributed by atoms with van der Waals surface area (Å²) in [5.74, 6) is -1.33. The van der Waals surface area contributed by atoms with Gasteiger partial charge in [-0.25, -0.2) is 4.79 Å². The predicted molar refractivity (Wildman–Crippen MR) is 87.9 cm³/mol. The number of hydrogen-bond donors (Lipinski definition) is 2. The molecule has 1 heterocycles. The number of ether oxygens (including phenoxy) is 1. The van der Waals surface area contributed by atoms with Crippen LogP contribution >= 0.6 is 0 Å². The first-order valence-corrected chi connectivity index (χ1v) is 7.90. The molecule has 2 rings (SSSR count). The van der Waals surface area contributed by atoms with Crippen LogP contribution in [0.4, 0.5) is 5.69 Å². The van der Waals surface area contributed by atoms with Gasteiger partial charge in [-0.05, 0) is 25.0 Å². The highest BCUT2D eigenvalue weighted by atomic mass is 16.5. The summed E-state index contributed by atoms with van der Waals surface area (Å²) in [5.41, 5.74) is 0.618. The average Bonchev–Trinajstić information content (AvgIpc) is 2.52. The first-order valence-electron chi connectivity index (χ1n) is 7.90. The second-order valence-electron chi connectivity index (χ2n) is 6.10. The Hall–Kier alpha value is -2.57. The average molecular weight is 334 g/mol. The highest BCUT2D eigenvalue weighted by Crippen LogP contribution is 2.33. The van der Waals surface area contributed by atoms with Crippen LogP contribution in [0.3, 0.4) is 0 Å². The molecule has 0 radical (unpaired) electrons. The molecule has 130 valence electrons. The maximum Gasteiger partial charge on any atom is 0.326 e. The topological polar surface area (TPSA) is 95.9 Å². The number of anilines is 1. The second-order valence-corrected chi connectivity index (χ2v) is 6.10. The number of nitrogens with one attached hydrogen (secondary N) is 1. The van der Waals surface area contributed by atoms with Gasteiger partial charge in [-0.15, -0.1) is 0 Å². The smallest absolute Gasteiger partial charge is 0.326 e. The van der Waals surface area contributed by atoms with Crippen molar-refractivity contribution in [3.05, 3.63) is 24.3 Å². The largest absolute Gasteiger partial charge is 0.480 e. The predicted octanol–water partition coefficient (Wildman–Crippen LogP) is 1.42. The standard InChI is InChI=1S/C17H22N2O5/c1-10(2)15(17(22)23)18-14(20)8-9-19-12-6-4-5-7-13(12)24-11(3)16(19)21/h4-7,10-11,15H,8-9H2,1-3H3,(H,18,20)(H,22,23)/t11?,15-/m0/s1. The lowest BCUT2D eigenvalue weighted by Crippen LogP contribution is -2.48. The lowest BCUT2D eigenvalue weighted by atomic mass is 10.0. The van der Waals surface area contributed by atoms with Crippen LogP contribution in [-0.4, -0.2) is 41.6 Å². The summed E-state index contributed by atoms with van der Waals surface area (Å²) in [5, 5.41) is 11.6. The van der Waals surface area contributed by atoms with Crippen molar-refractivity contribution in [2.75, 3.05) is 11.4 Å². The molecule has 2 N–H and O–H groups in total. The Morgan fingerprint density at radius 1 is 1.33 bits per heavy atom. The molecule has 1 unspecified atom stereocenters. The number of carbonyl (C=O) groups excluding carboxylic acids is 2. The molecule has 7 heteroatoms. The zero-order chi connectivity index (χ0) is 17.9. The van der Waals surface area contributed by atoms with Crippen molar-refractivity contribution >= 4 is 23.5 Å².